The normalized spacial score (nSPS) is 10.0. The van der Waals surface area contributed by atoms with Gasteiger partial charge in [-0.3, -0.25) is 4.84 Å². The third-order valence-corrected chi connectivity index (χ3v) is 4.52. The van der Waals surface area contributed by atoms with Gasteiger partial charge in [0.2, 0.25) is 0 Å². The van der Waals surface area contributed by atoms with Gasteiger partial charge >= 0.3 is 11.9 Å². The van der Waals surface area contributed by atoms with Gasteiger partial charge in [0, 0.05) is 0 Å². The van der Waals surface area contributed by atoms with Crippen LogP contribution in [-0.4, -0.2) is 45.1 Å². The number of ether oxygens (including phenoxy) is 2. The first kappa shape index (κ1) is 26.6. The van der Waals surface area contributed by atoms with Crippen molar-refractivity contribution < 1.29 is 23.9 Å². The number of hydrogen-bond acceptors (Lipinski definition) is 10. The molecular weight excluding hydrogens is 462 g/mol. The molecule has 2 aromatic heterocycles. The minimum atomic E-state index is -0.481. The Morgan fingerprint density at radius 2 is 1.41 bits per heavy atom. The summed E-state index contributed by atoms with van der Waals surface area (Å²) in [7, 11) is 0. The molecule has 0 atom stereocenters. The molecule has 2 heterocycles. The highest BCUT2D eigenvalue weighted by atomic mass is 35.5. The standard InChI is InChI=1S/C15H17N3O3.C8H9ClN2O2/c1-3-20-15(19)13-11(2)16-10-17-14(13)18-21-9-12-7-5-4-6-8-12;1-3-13-8(12)6-5(2)10-4-11-7(6)9/h4-8,10H,3,9H2,1-2H3,(H,16,17,18);4H,3H2,1-2H3. The number of benzene rings is 1. The fourth-order valence-corrected chi connectivity index (χ4v) is 2.90. The number of nitrogens with zero attached hydrogens (tertiary/aromatic N) is 4. The number of carbonyl (C=O) groups is 2. The zero-order valence-corrected chi connectivity index (χ0v) is 20.1. The van der Waals surface area contributed by atoms with Crippen LogP contribution in [0.15, 0.2) is 43.0 Å². The molecule has 0 saturated heterocycles. The van der Waals surface area contributed by atoms with Crippen LogP contribution in [0, 0.1) is 13.8 Å². The molecule has 0 saturated carbocycles. The molecule has 0 fully saturated rings. The Morgan fingerprint density at radius 3 is 2.00 bits per heavy atom. The topological polar surface area (TPSA) is 125 Å². The Balaban J connectivity index is 0.000000270. The third-order valence-electron chi connectivity index (χ3n) is 4.24. The van der Waals surface area contributed by atoms with Gasteiger partial charge in [0.15, 0.2) is 5.82 Å². The summed E-state index contributed by atoms with van der Waals surface area (Å²) in [6, 6.07) is 9.68. The lowest BCUT2D eigenvalue weighted by molar-refractivity contribution is 0.0514. The second kappa shape index (κ2) is 13.8. The van der Waals surface area contributed by atoms with Gasteiger partial charge < -0.3 is 9.47 Å². The first-order chi connectivity index (χ1) is 16.4. The maximum atomic E-state index is 11.9. The molecule has 0 bridgehead atoms. The van der Waals surface area contributed by atoms with Crippen molar-refractivity contribution in [1.82, 2.24) is 19.9 Å². The molecule has 0 aliphatic rings. The Morgan fingerprint density at radius 1 is 0.853 bits per heavy atom. The van der Waals surface area contributed by atoms with Crippen LogP contribution < -0.4 is 5.48 Å². The number of aryl methyl sites for hydroxylation is 2. The summed E-state index contributed by atoms with van der Waals surface area (Å²) < 4.78 is 9.79. The molecule has 10 nitrogen and oxygen atoms in total. The molecule has 3 rings (SSSR count). The molecule has 11 heteroatoms. The summed E-state index contributed by atoms with van der Waals surface area (Å²) in [6.45, 7) is 7.82. The van der Waals surface area contributed by atoms with E-state index in [9.17, 15) is 9.59 Å². The zero-order chi connectivity index (χ0) is 24.9. The van der Waals surface area contributed by atoms with Gasteiger partial charge in [0.1, 0.15) is 28.9 Å². The number of aromatic nitrogens is 4. The summed E-state index contributed by atoms with van der Waals surface area (Å²) in [5, 5.41) is 0.131. The van der Waals surface area contributed by atoms with E-state index in [1.54, 1.807) is 27.7 Å². The molecule has 0 spiro atoms. The first-order valence-corrected chi connectivity index (χ1v) is 10.8. The van der Waals surface area contributed by atoms with Crippen LogP contribution in [0.1, 0.15) is 51.5 Å². The summed E-state index contributed by atoms with van der Waals surface area (Å²) in [5.41, 5.74) is 5.29. The second-order valence-corrected chi connectivity index (χ2v) is 6.98. The van der Waals surface area contributed by atoms with Gasteiger partial charge in [-0.25, -0.2) is 35.0 Å². The lowest BCUT2D eigenvalue weighted by Gasteiger charge is -2.11. The van der Waals surface area contributed by atoms with E-state index in [2.05, 4.69) is 25.4 Å². The number of nitrogens with one attached hydrogen (secondary N) is 1. The van der Waals surface area contributed by atoms with E-state index in [0.29, 0.717) is 30.4 Å². The molecule has 3 aromatic rings. The average molecular weight is 488 g/mol. The van der Waals surface area contributed by atoms with Gasteiger partial charge in [-0.05, 0) is 33.3 Å². The highest BCUT2D eigenvalue weighted by molar-refractivity contribution is 6.32. The van der Waals surface area contributed by atoms with E-state index in [0.717, 1.165) is 5.56 Å². The summed E-state index contributed by atoms with van der Waals surface area (Å²) in [6.07, 6.45) is 2.67. The molecule has 0 radical (unpaired) electrons. The van der Waals surface area contributed by atoms with E-state index in [-0.39, 0.29) is 22.9 Å². The molecule has 0 unspecified atom stereocenters. The van der Waals surface area contributed by atoms with Crippen molar-refractivity contribution in [1.29, 1.82) is 0 Å². The predicted octanol–water partition coefficient (Wildman–Crippen LogP) is 4.12. The summed E-state index contributed by atoms with van der Waals surface area (Å²) in [4.78, 5) is 44.2. The van der Waals surface area contributed by atoms with Gasteiger partial charge in [-0.2, -0.15) is 0 Å². The molecular formula is C23H26ClN5O5. The van der Waals surface area contributed by atoms with Gasteiger partial charge in [0.05, 0.1) is 31.2 Å². The van der Waals surface area contributed by atoms with Crippen LogP contribution in [0.5, 0.6) is 0 Å². The fraction of sp³-hybridized carbons (Fsp3) is 0.304. The van der Waals surface area contributed by atoms with E-state index in [1.165, 1.54) is 12.7 Å². The molecule has 34 heavy (non-hydrogen) atoms. The zero-order valence-electron chi connectivity index (χ0n) is 19.4. The first-order valence-electron chi connectivity index (χ1n) is 10.4. The molecule has 180 valence electrons. The third kappa shape index (κ3) is 7.75. The SMILES string of the molecule is CCOC(=O)c1c(C)ncnc1Cl.CCOC(=O)c1c(C)ncnc1NOCc1ccccc1. The summed E-state index contributed by atoms with van der Waals surface area (Å²) in [5.74, 6) is -0.649. The molecule has 0 amide bonds. The maximum absolute atomic E-state index is 11.9. The number of anilines is 1. The second-order valence-electron chi connectivity index (χ2n) is 6.62. The van der Waals surface area contributed by atoms with Crippen molar-refractivity contribution in [3.63, 3.8) is 0 Å². The van der Waals surface area contributed by atoms with E-state index in [1.807, 2.05) is 30.3 Å². The van der Waals surface area contributed by atoms with Crippen LogP contribution >= 0.6 is 11.6 Å². The minimum Gasteiger partial charge on any atom is -0.462 e. The monoisotopic (exact) mass is 487 g/mol. The number of halogens is 1. The lowest BCUT2D eigenvalue weighted by Crippen LogP contribution is -2.14. The van der Waals surface area contributed by atoms with Crippen molar-refractivity contribution in [2.75, 3.05) is 18.7 Å². The number of carbonyl (C=O) groups excluding carboxylic acids is 2. The Labute approximate surface area is 202 Å². The van der Waals surface area contributed by atoms with Crippen molar-refractivity contribution >= 4 is 29.4 Å². The smallest absolute Gasteiger partial charge is 0.343 e. The summed E-state index contributed by atoms with van der Waals surface area (Å²) >= 11 is 5.71. The van der Waals surface area contributed by atoms with Gasteiger partial charge in [-0.1, -0.05) is 41.9 Å². The van der Waals surface area contributed by atoms with Crippen molar-refractivity contribution in [3.05, 3.63) is 76.2 Å². The molecule has 0 aliphatic heterocycles. The largest absolute Gasteiger partial charge is 0.462 e. The highest BCUT2D eigenvalue weighted by Crippen LogP contribution is 2.17. The predicted molar refractivity (Wildman–Crippen MR) is 125 cm³/mol. The van der Waals surface area contributed by atoms with Gasteiger partial charge in [-0.15, -0.1) is 0 Å². The molecule has 0 aliphatic carbocycles. The fourth-order valence-electron chi connectivity index (χ4n) is 2.64. The average Bonchev–Trinajstić information content (AvgIpc) is 2.80. The van der Waals surface area contributed by atoms with E-state index >= 15 is 0 Å². The van der Waals surface area contributed by atoms with Crippen LogP contribution in [0.2, 0.25) is 5.15 Å². The highest BCUT2D eigenvalue weighted by Gasteiger charge is 2.18. The van der Waals surface area contributed by atoms with Crippen LogP contribution in [0.4, 0.5) is 5.82 Å². The number of hydrogen-bond donors (Lipinski definition) is 1. The van der Waals surface area contributed by atoms with Gasteiger partial charge in [0.25, 0.3) is 0 Å². The number of esters is 2. The number of rotatable bonds is 8. The Kier molecular flexibility index (Phi) is 10.8. The molecule has 1 aromatic carbocycles. The van der Waals surface area contributed by atoms with Crippen LogP contribution in [-0.2, 0) is 20.9 Å². The van der Waals surface area contributed by atoms with Crippen molar-refractivity contribution in [2.24, 2.45) is 0 Å². The lowest BCUT2D eigenvalue weighted by atomic mass is 10.2. The minimum absolute atomic E-state index is 0.131. The van der Waals surface area contributed by atoms with Crippen LogP contribution in [0.3, 0.4) is 0 Å². The molecule has 1 N–H and O–H groups in total. The quantitative estimate of drug-likeness (QED) is 0.281. The van der Waals surface area contributed by atoms with Crippen LogP contribution in [0.25, 0.3) is 0 Å². The Hall–Kier alpha value is -3.63. The Bertz CT molecular complexity index is 1080. The van der Waals surface area contributed by atoms with Crippen molar-refractivity contribution in [3.8, 4) is 0 Å². The van der Waals surface area contributed by atoms with E-state index in [4.69, 9.17) is 25.9 Å². The maximum Gasteiger partial charge on any atom is 0.343 e. The van der Waals surface area contributed by atoms with E-state index < -0.39 is 11.9 Å². The van der Waals surface area contributed by atoms with Crippen molar-refractivity contribution in [2.45, 2.75) is 34.3 Å².